The van der Waals surface area contributed by atoms with E-state index in [2.05, 4.69) is 45.5 Å². The van der Waals surface area contributed by atoms with Gasteiger partial charge in [-0.2, -0.15) is 0 Å². The highest BCUT2D eigenvalue weighted by Crippen LogP contribution is 2.27. The van der Waals surface area contributed by atoms with Gasteiger partial charge in [0.2, 0.25) is 11.8 Å². The molecule has 3 aromatic rings. The van der Waals surface area contributed by atoms with Crippen molar-refractivity contribution in [2.24, 2.45) is 0 Å². The lowest BCUT2D eigenvalue weighted by Crippen LogP contribution is -2.42. The van der Waals surface area contributed by atoms with Crippen LogP contribution in [-0.4, -0.2) is 50.1 Å². The molecule has 0 heterocycles. The van der Waals surface area contributed by atoms with Crippen molar-refractivity contribution in [1.82, 2.24) is 16.0 Å². The fourth-order valence-corrected chi connectivity index (χ4v) is 4.50. The SMILES string of the molecule is COC(=O)[C@H](CCCCNC(=O)NCCC(c1ccccc1)c1ccccc1)NC(=O)CC(=O)Nc1ccccc1F. The second kappa shape index (κ2) is 17.2. The van der Waals surface area contributed by atoms with E-state index in [1.165, 1.54) is 36.4 Å². The molecule has 3 aromatic carbocycles. The van der Waals surface area contributed by atoms with Crippen molar-refractivity contribution in [2.45, 2.75) is 44.1 Å². The smallest absolute Gasteiger partial charge is 0.328 e. The number of carbonyl (C=O) groups excluding carboxylic acids is 4. The highest BCUT2D eigenvalue weighted by Gasteiger charge is 2.22. The third-order valence-corrected chi connectivity index (χ3v) is 6.62. The number of benzene rings is 3. The van der Waals surface area contributed by atoms with Crippen LogP contribution in [0.3, 0.4) is 0 Å². The molecule has 10 heteroatoms. The summed E-state index contributed by atoms with van der Waals surface area (Å²) in [5.41, 5.74) is 2.33. The zero-order valence-electron chi connectivity index (χ0n) is 23.6. The average molecular weight is 577 g/mol. The second-order valence-corrected chi connectivity index (χ2v) is 9.69. The van der Waals surface area contributed by atoms with Gasteiger partial charge in [-0.15, -0.1) is 0 Å². The van der Waals surface area contributed by atoms with E-state index in [1.807, 2.05) is 36.4 Å². The number of para-hydroxylation sites is 1. The van der Waals surface area contributed by atoms with Crippen LogP contribution in [0.1, 0.15) is 49.1 Å². The molecule has 0 fully saturated rings. The third kappa shape index (κ3) is 10.7. The quantitative estimate of drug-likeness (QED) is 0.120. The number of halogens is 1. The molecule has 0 bridgehead atoms. The predicted octanol–water partition coefficient (Wildman–Crippen LogP) is 4.50. The molecule has 0 spiro atoms. The summed E-state index contributed by atoms with van der Waals surface area (Å²) in [7, 11) is 1.21. The topological polar surface area (TPSA) is 126 Å². The zero-order valence-corrected chi connectivity index (χ0v) is 23.6. The molecule has 222 valence electrons. The number of unbranched alkanes of at least 4 members (excludes halogenated alkanes) is 1. The number of methoxy groups -OCH3 is 1. The minimum Gasteiger partial charge on any atom is -0.467 e. The Kier molecular flexibility index (Phi) is 13.0. The molecular formula is C32H37FN4O5. The maximum absolute atomic E-state index is 13.7. The molecule has 9 nitrogen and oxygen atoms in total. The Balaban J connectivity index is 1.36. The molecule has 0 aliphatic carbocycles. The van der Waals surface area contributed by atoms with Gasteiger partial charge in [-0.05, 0) is 48.9 Å². The first kappa shape index (κ1) is 31.8. The van der Waals surface area contributed by atoms with Gasteiger partial charge in [0.15, 0.2) is 0 Å². The number of hydrogen-bond acceptors (Lipinski definition) is 5. The van der Waals surface area contributed by atoms with Crippen molar-refractivity contribution in [3.63, 3.8) is 0 Å². The molecule has 0 unspecified atom stereocenters. The summed E-state index contributed by atoms with van der Waals surface area (Å²) in [6.07, 6.45) is 1.47. The first-order valence-corrected chi connectivity index (χ1v) is 13.9. The van der Waals surface area contributed by atoms with E-state index in [9.17, 15) is 23.6 Å². The van der Waals surface area contributed by atoms with Gasteiger partial charge >= 0.3 is 12.0 Å². The summed E-state index contributed by atoms with van der Waals surface area (Å²) >= 11 is 0. The van der Waals surface area contributed by atoms with E-state index in [0.717, 1.165) is 6.42 Å². The van der Waals surface area contributed by atoms with E-state index in [-0.39, 0.29) is 24.1 Å². The third-order valence-electron chi connectivity index (χ3n) is 6.62. The Morgan fingerprint density at radius 2 is 1.33 bits per heavy atom. The van der Waals surface area contributed by atoms with E-state index in [1.54, 1.807) is 6.07 Å². The van der Waals surface area contributed by atoms with Gasteiger partial charge in [-0.25, -0.2) is 14.0 Å². The van der Waals surface area contributed by atoms with Crippen molar-refractivity contribution < 1.29 is 28.3 Å². The van der Waals surface area contributed by atoms with Crippen LogP contribution in [0.25, 0.3) is 0 Å². The van der Waals surface area contributed by atoms with Crippen LogP contribution in [0, 0.1) is 5.82 Å². The molecule has 0 aromatic heterocycles. The number of esters is 1. The zero-order chi connectivity index (χ0) is 30.2. The summed E-state index contributed by atoms with van der Waals surface area (Å²) in [5, 5.41) is 10.5. The van der Waals surface area contributed by atoms with Gasteiger partial charge in [0.25, 0.3) is 0 Å². The van der Waals surface area contributed by atoms with Crippen molar-refractivity contribution in [3.05, 3.63) is 102 Å². The van der Waals surface area contributed by atoms with Gasteiger partial charge in [0.05, 0.1) is 12.8 Å². The lowest BCUT2D eigenvalue weighted by molar-refractivity contribution is -0.145. The molecule has 1 atom stereocenters. The summed E-state index contributed by atoms with van der Waals surface area (Å²) < 4.78 is 18.5. The normalized spacial score (nSPS) is 11.3. The fraction of sp³-hybridized carbons (Fsp3) is 0.312. The van der Waals surface area contributed by atoms with Gasteiger partial charge in [0, 0.05) is 19.0 Å². The minimum atomic E-state index is -0.953. The second-order valence-electron chi connectivity index (χ2n) is 9.69. The van der Waals surface area contributed by atoms with E-state index < -0.39 is 36.1 Å². The monoisotopic (exact) mass is 576 g/mol. The highest BCUT2D eigenvalue weighted by molar-refractivity contribution is 6.04. The summed E-state index contributed by atoms with van der Waals surface area (Å²) in [4.78, 5) is 48.9. The first-order valence-electron chi connectivity index (χ1n) is 13.9. The highest BCUT2D eigenvalue weighted by atomic mass is 19.1. The molecule has 0 radical (unpaired) electrons. The Morgan fingerprint density at radius 3 is 1.95 bits per heavy atom. The number of ether oxygens (including phenoxy) is 1. The van der Waals surface area contributed by atoms with Crippen LogP contribution < -0.4 is 21.3 Å². The van der Waals surface area contributed by atoms with Crippen molar-refractivity contribution in [1.29, 1.82) is 0 Å². The molecule has 0 saturated carbocycles. The molecule has 42 heavy (non-hydrogen) atoms. The summed E-state index contributed by atoms with van der Waals surface area (Å²) in [6, 6.07) is 24.7. The van der Waals surface area contributed by atoms with Crippen LogP contribution in [-0.2, 0) is 19.1 Å². The number of anilines is 1. The lowest BCUT2D eigenvalue weighted by Gasteiger charge is -2.18. The Bertz CT molecular complexity index is 1270. The fourth-order valence-electron chi connectivity index (χ4n) is 4.50. The minimum absolute atomic E-state index is 0.0384. The van der Waals surface area contributed by atoms with E-state index >= 15 is 0 Å². The molecule has 0 saturated heterocycles. The molecule has 4 N–H and O–H groups in total. The summed E-state index contributed by atoms with van der Waals surface area (Å²) in [5.74, 6) is -2.51. The van der Waals surface area contributed by atoms with Crippen LogP contribution in [0.4, 0.5) is 14.9 Å². The van der Waals surface area contributed by atoms with Crippen molar-refractivity contribution in [3.8, 4) is 0 Å². The first-order chi connectivity index (χ1) is 20.4. The Hall–Kier alpha value is -4.73. The summed E-state index contributed by atoms with van der Waals surface area (Å²) in [6.45, 7) is 0.862. The molecular weight excluding hydrogens is 539 g/mol. The van der Waals surface area contributed by atoms with Crippen LogP contribution >= 0.6 is 0 Å². The van der Waals surface area contributed by atoms with Gasteiger partial charge < -0.3 is 26.0 Å². The van der Waals surface area contributed by atoms with E-state index in [0.29, 0.717) is 25.9 Å². The lowest BCUT2D eigenvalue weighted by atomic mass is 9.88. The van der Waals surface area contributed by atoms with Gasteiger partial charge in [0.1, 0.15) is 18.3 Å². The molecule has 0 aliphatic heterocycles. The van der Waals surface area contributed by atoms with Crippen molar-refractivity contribution >= 4 is 29.5 Å². The van der Waals surface area contributed by atoms with E-state index in [4.69, 9.17) is 4.74 Å². The largest absolute Gasteiger partial charge is 0.467 e. The Morgan fingerprint density at radius 1 is 0.738 bits per heavy atom. The maximum Gasteiger partial charge on any atom is 0.328 e. The molecule has 4 amide bonds. The number of rotatable bonds is 15. The number of amides is 4. The number of nitrogens with one attached hydrogen (secondary N) is 4. The van der Waals surface area contributed by atoms with Crippen LogP contribution in [0.5, 0.6) is 0 Å². The average Bonchev–Trinajstić information content (AvgIpc) is 3.00. The van der Waals surface area contributed by atoms with Gasteiger partial charge in [-0.3, -0.25) is 9.59 Å². The maximum atomic E-state index is 13.7. The Labute approximate surface area is 245 Å². The number of urea groups is 1. The van der Waals surface area contributed by atoms with Crippen molar-refractivity contribution in [2.75, 3.05) is 25.5 Å². The standard InChI is InChI=1S/C32H37FN4O5/c1-42-31(40)28(37-30(39)22-29(38)36-27-17-9-8-16-26(27)33)18-10-11-20-34-32(41)35-21-19-25(23-12-4-2-5-13-23)24-14-6-3-7-15-24/h2-9,12-17,25,28H,10-11,18-22H2,1H3,(H,36,38)(H,37,39)(H2,34,35,41)/t28-/m0/s1. The van der Waals surface area contributed by atoms with Gasteiger partial charge in [-0.1, -0.05) is 72.8 Å². The number of hydrogen-bond donors (Lipinski definition) is 4. The molecule has 3 rings (SSSR count). The van der Waals surface area contributed by atoms with Crippen LogP contribution in [0.2, 0.25) is 0 Å². The predicted molar refractivity (Wildman–Crippen MR) is 158 cm³/mol. The van der Waals surface area contributed by atoms with Crippen LogP contribution in [0.15, 0.2) is 84.9 Å². The number of carbonyl (C=O) groups is 4. The molecule has 0 aliphatic rings.